The van der Waals surface area contributed by atoms with Crippen LogP contribution in [-0.2, 0) is 4.79 Å². The van der Waals surface area contributed by atoms with Crippen LogP contribution in [0.3, 0.4) is 0 Å². The van der Waals surface area contributed by atoms with Gasteiger partial charge in [0.1, 0.15) is 5.78 Å². The average Bonchev–Trinajstić information content (AvgIpc) is 2.20. The van der Waals surface area contributed by atoms with Gasteiger partial charge in [0.25, 0.3) is 0 Å². The lowest BCUT2D eigenvalue weighted by atomic mass is 9.67. The monoisotopic (exact) mass is 226 g/mol. The Bertz CT molecular complexity index is 195. The highest BCUT2D eigenvalue weighted by atomic mass is 16.1. The van der Waals surface area contributed by atoms with Crippen LogP contribution in [0.5, 0.6) is 0 Å². The molecule has 0 fully saturated rings. The number of hydrogen-bond acceptors (Lipinski definition) is 1. The minimum absolute atomic E-state index is 0.0702. The summed E-state index contributed by atoms with van der Waals surface area (Å²) in [6.45, 7) is 15.2. The van der Waals surface area contributed by atoms with Crippen LogP contribution in [0.4, 0.5) is 0 Å². The van der Waals surface area contributed by atoms with E-state index in [1.807, 2.05) is 0 Å². The summed E-state index contributed by atoms with van der Waals surface area (Å²) < 4.78 is 0. The molecule has 0 N–H and O–H groups in total. The molecule has 0 aliphatic rings. The van der Waals surface area contributed by atoms with E-state index in [9.17, 15) is 4.79 Å². The lowest BCUT2D eigenvalue weighted by Gasteiger charge is -2.36. The molecule has 0 heterocycles. The third-order valence-corrected chi connectivity index (χ3v) is 4.29. The second kappa shape index (κ2) is 6.42. The molecule has 0 spiro atoms. The number of Topliss-reactive ketones (excluding diaryl/α,β-unsaturated/α-hetero) is 1. The molecule has 0 saturated carbocycles. The van der Waals surface area contributed by atoms with Crippen molar-refractivity contribution < 1.29 is 4.79 Å². The van der Waals surface area contributed by atoms with Crippen molar-refractivity contribution in [1.82, 2.24) is 0 Å². The summed E-state index contributed by atoms with van der Waals surface area (Å²) in [5.41, 5.74) is -0.0702. The Kier molecular flexibility index (Phi) is 6.28. The number of ketones is 1. The predicted octanol–water partition coefficient (Wildman–Crippen LogP) is 4.70. The van der Waals surface area contributed by atoms with E-state index in [2.05, 4.69) is 48.5 Å². The van der Waals surface area contributed by atoms with Crippen LogP contribution in [0.1, 0.15) is 67.7 Å². The molecule has 96 valence electrons. The topological polar surface area (TPSA) is 17.1 Å². The van der Waals surface area contributed by atoms with E-state index in [0.717, 1.165) is 19.3 Å². The van der Waals surface area contributed by atoms with Gasteiger partial charge in [0.15, 0.2) is 0 Å². The van der Waals surface area contributed by atoms with E-state index < -0.39 is 0 Å². The highest BCUT2D eigenvalue weighted by molar-refractivity contribution is 5.87. The van der Waals surface area contributed by atoms with Crippen molar-refractivity contribution in [2.75, 3.05) is 0 Å². The maximum absolute atomic E-state index is 12.7. The van der Waals surface area contributed by atoms with Crippen LogP contribution >= 0.6 is 0 Å². The Balaban J connectivity index is 5.11. The molecule has 0 unspecified atom stereocenters. The standard InChI is InChI=1S/C15H30O/c1-8-15(9-2,10-3)14(16)13(11(4)5)12(6)7/h11-13H,8-10H2,1-7H3. The molecule has 0 aromatic carbocycles. The maximum atomic E-state index is 12.7. The van der Waals surface area contributed by atoms with Gasteiger partial charge in [0.2, 0.25) is 0 Å². The zero-order chi connectivity index (χ0) is 12.9. The molecule has 0 aliphatic heterocycles. The van der Waals surface area contributed by atoms with Crippen molar-refractivity contribution in [3.63, 3.8) is 0 Å². The number of carbonyl (C=O) groups is 1. The van der Waals surface area contributed by atoms with Crippen LogP contribution < -0.4 is 0 Å². The number of hydrogen-bond donors (Lipinski definition) is 0. The molecule has 0 atom stereocenters. The normalized spacial score (nSPS) is 12.9. The lowest BCUT2D eigenvalue weighted by molar-refractivity contribution is -0.136. The van der Waals surface area contributed by atoms with Crippen LogP contribution in [0.2, 0.25) is 0 Å². The molecule has 0 aromatic heterocycles. The van der Waals surface area contributed by atoms with E-state index in [0.29, 0.717) is 17.6 Å². The molecule has 0 amide bonds. The summed E-state index contributed by atoms with van der Waals surface area (Å²) >= 11 is 0. The van der Waals surface area contributed by atoms with Crippen molar-refractivity contribution in [2.45, 2.75) is 67.7 Å². The Morgan fingerprint density at radius 2 is 1.19 bits per heavy atom. The fourth-order valence-corrected chi connectivity index (χ4v) is 3.00. The van der Waals surface area contributed by atoms with Gasteiger partial charge in [-0.2, -0.15) is 0 Å². The van der Waals surface area contributed by atoms with E-state index in [1.54, 1.807) is 0 Å². The molecule has 1 nitrogen and oxygen atoms in total. The third kappa shape index (κ3) is 3.09. The van der Waals surface area contributed by atoms with E-state index >= 15 is 0 Å². The first-order valence-electron chi connectivity index (χ1n) is 6.90. The average molecular weight is 226 g/mol. The highest BCUT2D eigenvalue weighted by Crippen LogP contribution is 2.38. The summed E-state index contributed by atoms with van der Waals surface area (Å²) in [5.74, 6) is 1.64. The SMILES string of the molecule is CCC(CC)(CC)C(=O)C(C(C)C)C(C)C. The molecular weight excluding hydrogens is 196 g/mol. The minimum atomic E-state index is -0.0702. The van der Waals surface area contributed by atoms with Gasteiger partial charge in [0.05, 0.1) is 0 Å². The van der Waals surface area contributed by atoms with Crippen molar-refractivity contribution >= 4 is 5.78 Å². The molecule has 1 heteroatoms. The summed E-state index contributed by atoms with van der Waals surface area (Å²) in [6.07, 6.45) is 2.94. The van der Waals surface area contributed by atoms with Crippen LogP contribution in [0, 0.1) is 23.2 Å². The lowest BCUT2D eigenvalue weighted by Crippen LogP contribution is -2.39. The van der Waals surface area contributed by atoms with Crippen molar-refractivity contribution in [3.05, 3.63) is 0 Å². The van der Waals surface area contributed by atoms with Gasteiger partial charge in [-0.05, 0) is 31.1 Å². The molecule has 0 saturated heterocycles. The predicted molar refractivity (Wildman–Crippen MR) is 71.5 cm³/mol. The summed E-state index contributed by atoms with van der Waals surface area (Å²) in [4.78, 5) is 12.7. The third-order valence-electron chi connectivity index (χ3n) is 4.29. The van der Waals surface area contributed by atoms with Crippen LogP contribution in [0.15, 0.2) is 0 Å². The fourth-order valence-electron chi connectivity index (χ4n) is 3.00. The van der Waals surface area contributed by atoms with Gasteiger partial charge in [0, 0.05) is 11.3 Å². The van der Waals surface area contributed by atoms with Gasteiger partial charge in [-0.1, -0.05) is 48.5 Å². The number of carbonyl (C=O) groups excluding carboxylic acids is 1. The smallest absolute Gasteiger partial charge is 0.142 e. The Labute approximate surface area is 102 Å². The summed E-state index contributed by atoms with van der Waals surface area (Å²) in [5, 5.41) is 0. The molecule has 16 heavy (non-hydrogen) atoms. The zero-order valence-corrected chi connectivity index (χ0v) is 12.3. The minimum Gasteiger partial charge on any atom is -0.299 e. The Morgan fingerprint density at radius 3 is 1.38 bits per heavy atom. The summed E-state index contributed by atoms with van der Waals surface area (Å²) in [7, 11) is 0. The molecule has 0 rings (SSSR count). The number of rotatable bonds is 7. The fraction of sp³-hybridized carbons (Fsp3) is 0.933. The van der Waals surface area contributed by atoms with E-state index in [4.69, 9.17) is 0 Å². The van der Waals surface area contributed by atoms with Crippen molar-refractivity contribution in [3.8, 4) is 0 Å². The van der Waals surface area contributed by atoms with E-state index in [-0.39, 0.29) is 11.3 Å². The van der Waals surface area contributed by atoms with Crippen molar-refractivity contribution in [2.24, 2.45) is 23.2 Å². The van der Waals surface area contributed by atoms with E-state index in [1.165, 1.54) is 0 Å². The van der Waals surface area contributed by atoms with Crippen LogP contribution in [0.25, 0.3) is 0 Å². The molecule has 0 aromatic rings. The van der Waals surface area contributed by atoms with Gasteiger partial charge < -0.3 is 0 Å². The first-order valence-corrected chi connectivity index (χ1v) is 6.90. The van der Waals surface area contributed by atoms with Gasteiger partial charge in [-0.3, -0.25) is 4.79 Å². The Hall–Kier alpha value is -0.330. The van der Waals surface area contributed by atoms with Gasteiger partial charge in [-0.15, -0.1) is 0 Å². The second-order valence-electron chi connectivity index (χ2n) is 5.72. The highest BCUT2D eigenvalue weighted by Gasteiger charge is 2.39. The maximum Gasteiger partial charge on any atom is 0.142 e. The molecular formula is C15H30O. The van der Waals surface area contributed by atoms with Gasteiger partial charge in [-0.25, -0.2) is 0 Å². The largest absolute Gasteiger partial charge is 0.299 e. The molecule has 0 aliphatic carbocycles. The zero-order valence-electron chi connectivity index (χ0n) is 12.3. The quantitative estimate of drug-likeness (QED) is 0.615. The first kappa shape index (κ1) is 15.7. The first-order chi connectivity index (χ1) is 7.36. The van der Waals surface area contributed by atoms with Crippen LogP contribution in [-0.4, -0.2) is 5.78 Å². The summed E-state index contributed by atoms with van der Waals surface area (Å²) in [6, 6.07) is 0. The van der Waals surface area contributed by atoms with Crippen molar-refractivity contribution in [1.29, 1.82) is 0 Å². The Morgan fingerprint density at radius 1 is 0.875 bits per heavy atom. The van der Waals surface area contributed by atoms with Gasteiger partial charge >= 0.3 is 0 Å². The molecule has 0 bridgehead atoms. The molecule has 0 radical (unpaired) electrons. The second-order valence-corrected chi connectivity index (χ2v) is 5.72.